The van der Waals surface area contributed by atoms with E-state index in [0.29, 0.717) is 5.82 Å². The zero-order chi connectivity index (χ0) is 16.4. The fourth-order valence-corrected chi connectivity index (χ4v) is 3.20. The Morgan fingerprint density at radius 1 is 1.17 bits per heavy atom. The molecule has 0 spiro atoms. The summed E-state index contributed by atoms with van der Waals surface area (Å²) >= 11 is 2.26. The lowest BCUT2D eigenvalue weighted by Crippen LogP contribution is -2.10. The maximum atomic E-state index is 7.27. The number of halogens is 1. The number of aromatic nitrogens is 1. The van der Waals surface area contributed by atoms with Crippen LogP contribution in [0.25, 0.3) is 15.7 Å². The van der Waals surface area contributed by atoms with Crippen molar-refractivity contribution in [2.24, 2.45) is 0 Å². The van der Waals surface area contributed by atoms with Crippen LogP contribution in [-0.4, -0.2) is 19.1 Å². The Kier molecular flexibility index (Phi) is 4.35. The average Bonchev–Trinajstić information content (AvgIpc) is 2.60. The van der Waals surface area contributed by atoms with E-state index in [1.165, 1.54) is 0 Å². The summed E-state index contributed by atoms with van der Waals surface area (Å²) in [6.07, 6.45) is 0. The summed E-state index contributed by atoms with van der Waals surface area (Å²) in [6, 6.07) is 15.7. The Bertz CT molecular complexity index is 918. The number of methoxy groups -OCH3 is 1. The van der Waals surface area contributed by atoms with Crippen molar-refractivity contribution >= 4 is 50.7 Å². The molecule has 3 rings (SSSR count). The summed E-state index contributed by atoms with van der Waals surface area (Å²) < 4.78 is 6.36. The van der Waals surface area contributed by atoms with E-state index in [4.69, 9.17) is 11.3 Å². The maximum Gasteiger partial charge on any atom is 0.272 e. The first-order chi connectivity index (χ1) is 11.1. The van der Waals surface area contributed by atoms with Crippen molar-refractivity contribution in [1.82, 2.24) is 4.98 Å². The molecule has 0 aliphatic carbocycles. The van der Waals surface area contributed by atoms with E-state index in [0.717, 1.165) is 31.6 Å². The van der Waals surface area contributed by atoms with E-state index < -0.39 is 0 Å². The number of hydrogen-bond acceptors (Lipinski definition) is 3. The van der Waals surface area contributed by atoms with Crippen LogP contribution in [0.15, 0.2) is 48.5 Å². The van der Waals surface area contributed by atoms with Gasteiger partial charge < -0.3 is 14.5 Å². The summed E-state index contributed by atoms with van der Waals surface area (Å²) in [5, 5.41) is 1.02. The molecule has 23 heavy (non-hydrogen) atoms. The number of anilines is 2. The van der Waals surface area contributed by atoms with Crippen molar-refractivity contribution in [3.05, 3.63) is 63.5 Å². The average molecular weight is 415 g/mol. The number of rotatable bonds is 3. The lowest BCUT2D eigenvalue weighted by atomic mass is 10.1. The van der Waals surface area contributed by atoms with Gasteiger partial charge in [-0.05, 0) is 59.0 Å². The predicted octanol–water partition coefficient (Wildman–Crippen LogP) is 5.17. The molecule has 1 heterocycles. The Balaban J connectivity index is 2.15. The molecular weight excluding hydrogens is 401 g/mol. The van der Waals surface area contributed by atoms with Gasteiger partial charge >= 0.3 is 0 Å². The Hall–Kier alpha value is -2.33. The summed E-state index contributed by atoms with van der Waals surface area (Å²) in [5.74, 6) is 1.25. The summed E-state index contributed by atoms with van der Waals surface area (Å²) in [4.78, 5) is 9.94. The third-order valence-corrected chi connectivity index (χ3v) is 4.52. The molecule has 0 unspecified atom stereocenters. The molecule has 0 saturated heterocycles. The quantitative estimate of drug-likeness (QED) is 0.437. The molecule has 2 aromatic carbocycles. The van der Waals surface area contributed by atoms with E-state index >= 15 is 0 Å². The second-order valence-electron chi connectivity index (χ2n) is 5.01. The minimum absolute atomic E-state index is 0.397. The zero-order valence-corrected chi connectivity index (χ0v) is 14.9. The molecule has 0 atom stereocenters. The van der Waals surface area contributed by atoms with Gasteiger partial charge in [-0.1, -0.05) is 18.7 Å². The van der Waals surface area contributed by atoms with Gasteiger partial charge in [0.25, 0.3) is 5.82 Å². The highest BCUT2D eigenvalue weighted by atomic mass is 127. The van der Waals surface area contributed by atoms with Crippen molar-refractivity contribution in [2.75, 3.05) is 19.1 Å². The van der Waals surface area contributed by atoms with Crippen LogP contribution in [0.5, 0.6) is 5.75 Å². The van der Waals surface area contributed by atoms with Crippen LogP contribution in [0.4, 0.5) is 17.2 Å². The molecule has 0 aliphatic heterocycles. The fourth-order valence-electron chi connectivity index (χ4n) is 2.48. The molecule has 0 fully saturated rings. The highest BCUT2D eigenvalue weighted by Gasteiger charge is 2.13. The molecule has 114 valence electrons. The van der Waals surface area contributed by atoms with Crippen molar-refractivity contribution < 1.29 is 4.74 Å². The van der Waals surface area contributed by atoms with E-state index in [-0.39, 0.29) is 0 Å². The largest absolute Gasteiger partial charge is 0.496 e. The second kappa shape index (κ2) is 6.42. The minimum atomic E-state index is 0.397. The SMILES string of the molecule is [C-]#[N+]c1cc(N(C)c2ccc(OC)c(I)c2)c2ccccc2n1. The van der Waals surface area contributed by atoms with Gasteiger partial charge in [-0.15, -0.1) is 4.98 Å². The highest BCUT2D eigenvalue weighted by molar-refractivity contribution is 14.1. The van der Waals surface area contributed by atoms with Gasteiger partial charge in [0.15, 0.2) is 5.52 Å². The van der Waals surface area contributed by atoms with Crippen LogP contribution >= 0.6 is 22.6 Å². The van der Waals surface area contributed by atoms with E-state index in [2.05, 4.69) is 43.4 Å². The van der Waals surface area contributed by atoms with Crippen LogP contribution in [0, 0.1) is 10.1 Å². The number of para-hydroxylation sites is 1. The monoisotopic (exact) mass is 415 g/mol. The van der Waals surface area contributed by atoms with E-state index in [1.54, 1.807) is 7.11 Å². The summed E-state index contributed by atoms with van der Waals surface area (Å²) in [5.41, 5.74) is 2.82. The summed E-state index contributed by atoms with van der Waals surface area (Å²) in [7, 11) is 3.66. The molecule has 3 aromatic rings. The van der Waals surface area contributed by atoms with Crippen molar-refractivity contribution in [3.63, 3.8) is 0 Å². The number of benzene rings is 2. The van der Waals surface area contributed by atoms with Crippen LogP contribution < -0.4 is 9.64 Å². The number of fused-ring (bicyclic) bond motifs is 1. The van der Waals surface area contributed by atoms with Gasteiger partial charge in [-0.25, -0.2) is 0 Å². The molecule has 0 aliphatic rings. The molecule has 1 aromatic heterocycles. The number of nitrogens with zero attached hydrogens (tertiary/aromatic N) is 3. The standard InChI is InChI=1S/C18H14IN3O/c1-20-18-11-16(13-6-4-5-7-15(13)21-18)22(2)12-8-9-17(23-3)14(19)10-12/h4-11H,2-3H3. The first kappa shape index (κ1) is 15.6. The molecule has 0 saturated carbocycles. The molecule has 0 N–H and O–H groups in total. The molecule has 4 nitrogen and oxygen atoms in total. The normalized spacial score (nSPS) is 10.3. The lowest BCUT2D eigenvalue weighted by Gasteiger charge is -2.22. The first-order valence-corrected chi connectivity index (χ1v) is 8.06. The Morgan fingerprint density at radius 3 is 2.65 bits per heavy atom. The van der Waals surface area contributed by atoms with Gasteiger partial charge in [-0.3, -0.25) is 0 Å². The van der Waals surface area contributed by atoms with E-state index in [1.807, 2.05) is 49.5 Å². The van der Waals surface area contributed by atoms with Gasteiger partial charge in [0, 0.05) is 23.8 Å². The second-order valence-corrected chi connectivity index (χ2v) is 6.17. The maximum absolute atomic E-state index is 7.27. The molecule has 5 heteroatoms. The smallest absolute Gasteiger partial charge is 0.272 e. The van der Waals surface area contributed by atoms with Crippen molar-refractivity contribution in [2.45, 2.75) is 0 Å². The molecule has 0 bridgehead atoms. The van der Waals surface area contributed by atoms with Gasteiger partial charge in [-0.2, -0.15) is 0 Å². The number of ether oxygens (including phenoxy) is 1. The topological polar surface area (TPSA) is 29.7 Å². The lowest BCUT2D eigenvalue weighted by molar-refractivity contribution is 0.412. The van der Waals surface area contributed by atoms with Crippen LogP contribution in [0.3, 0.4) is 0 Å². The minimum Gasteiger partial charge on any atom is -0.496 e. The number of hydrogen-bond donors (Lipinski definition) is 0. The fraction of sp³-hybridized carbons (Fsp3) is 0.111. The third-order valence-electron chi connectivity index (χ3n) is 3.68. The first-order valence-electron chi connectivity index (χ1n) is 6.98. The van der Waals surface area contributed by atoms with Crippen LogP contribution in [-0.2, 0) is 0 Å². The number of pyridine rings is 1. The van der Waals surface area contributed by atoms with Crippen molar-refractivity contribution in [1.29, 1.82) is 0 Å². The Morgan fingerprint density at radius 2 is 1.96 bits per heavy atom. The third kappa shape index (κ3) is 2.94. The molecule has 0 radical (unpaired) electrons. The molecule has 0 amide bonds. The van der Waals surface area contributed by atoms with Gasteiger partial charge in [0.1, 0.15) is 5.75 Å². The zero-order valence-electron chi connectivity index (χ0n) is 12.7. The Labute approximate surface area is 148 Å². The summed E-state index contributed by atoms with van der Waals surface area (Å²) in [6.45, 7) is 7.27. The highest BCUT2D eigenvalue weighted by Crippen LogP contribution is 2.35. The molecular formula is C18H14IN3O. The van der Waals surface area contributed by atoms with Crippen LogP contribution in [0.2, 0.25) is 0 Å². The van der Waals surface area contributed by atoms with Crippen LogP contribution in [0.1, 0.15) is 0 Å². The van der Waals surface area contributed by atoms with E-state index in [9.17, 15) is 0 Å². The van der Waals surface area contributed by atoms with Crippen molar-refractivity contribution in [3.8, 4) is 5.75 Å². The van der Waals surface area contributed by atoms with Gasteiger partial charge in [0.05, 0.1) is 10.7 Å². The van der Waals surface area contributed by atoms with Gasteiger partial charge in [0.2, 0.25) is 0 Å². The predicted molar refractivity (Wildman–Crippen MR) is 102 cm³/mol.